The number of halogens is 2. The highest BCUT2D eigenvalue weighted by molar-refractivity contribution is 5.49. The van der Waals surface area contributed by atoms with Crippen LogP contribution in [-0.2, 0) is 6.54 Å². The van der Waals surface area contributed by atoms with Gasteiger partial charge in [-0.15, -0.1) is 0 Å². The Bertz CT molecular complexity index is 702. The SMILES string of the molecule is OCC1CCCCN1c1cc(NCc2ccc(OC(F)F)cn2)ncn1. The van der Waals surface area contributed by atoms with Crippen LogP contribution in [0.25, 0.3) is 0 Å². The van der Waals surface area contributed by atoms with Crippen LogP contribution >= 0.6 is 0 Å². The molecule has 0 spiro atoms. The lowest BCUT2D eigenvalue weighted by Crippen LogP contribution is -2.42. The molecule has 0 amide bonds. The average molecular weight is 365 g/mol. The van der Waals surface area contributed by atoms with Gasteiger partial charge in [0.05, 0.1) is 31.1 Å². The number of nitrogens with one attached hydrogen (secondary N) is 1. The van der Waals surface area contributed by atoms with Crippen molar-refractivity contribution >= 4 is 11.6 Å². The number of hydrogen-bond donors (Lipinski definition) is 2. The standard InChI is InChI=1S/C17H21F2N5O2/c18-17(19)26-14-5-4-12(20-9-14)8-21-15-7-16(23-11-22-15)24-6-2-1-3-13(24)10-25/h4-5,7,9,11,13,17,25H,1-3,6,8,10H2,(H,21,22,23). The number of aliphatic hydroxyl groups excluding tert-OH is 1. The van der Waals surface area contributed by atoms with E-state index in [1.807, 2.05) is 6.07 Å². The van der Waals surface area contributed by atoms with E-state index < -0.39 is 6.61 Å². The maximum Gasteiger partial charge on any atom is 0.387 e. The predicted octanol–water partition coefficient (Wildman–Crippen LogP) is 2.44. The molecular weight excluding hydrogens is 344 g/mol. The molecule has 1 aliphatic heterocycles. The van der Waals surface area contributed by atoms with E-state index in [0.717, 1.165) is 31.6 Å². The van der Waals surface area contributed by atoms with Crippen LogP contribution in [0.15, 0.2) is 30.7 Å². The molecule has 140 valence electrons. The molecule has 3 heterocycles. The molecule has 1 unspecified atom stereocenters. The summed E-state index contributed by atoms with van der Waals surface area (Å²) in [6, 6.07) is 4.97. The number of ether oxygens (including phenoxy) is 1. The third-order valence-corrected chi connectivity index (χ3v) is 4.26. The van der Waals surface area contributed by atoms with Gasteiger partial charge in [0.15, 0.2) is 0 Å². The maximum atomic E-state index is 12.1. The third-order valence-electron chi connectivity index (χ3n) is 4.26. The second-order valence-electron chi connectivity index (χ2n) is 6.00. The lowest BCUT2D eigenvalue weighted by atomic mass is 10.0. The van der Waals surface area contributed by atoms with E-state index in [0.29, 0.717) is 18.1 Å². The van der Waals surface area contributed by atoms with Crippen LogP contribution in [0.4, 0.5) is 20.4 Å². The number of aliphatic hydroxyl groups is 1. The molecule has 2 aromatic rings. The van der Waals surface area contributed by atoms with Gasteiger partial charge in [0, 0.05) is 12.6 Å². The monoisotopic (exact) mass is 365 g/mol. The number of nitrogens with zero attached hydrogens (tertiary/aromatic N) is 4. The molecule has 1 fully saturated rings. The predicted molar refractivity (Wildman–Crippen MR) is 92.3 cm³/mol. The summed E-state index contributed by atoms with van der Waals surface area (Å²) >= 11 is 0. The summed E-state index contributed by atoms with van der Waals surface area (Å²) in [5.74, 6) is 1.43. The minimum absolute atomic E-state index is 0.0215. The van der Waals surface area contributed by atoms with Gasteiger partial charge in [-0.3, -0.25) is 4.98 Å². The third kappa shape index (κ3) is 4.75. The van der Waals surface area contributed by atoms with Gasteiger partial charge in [-0.1, -0.05) is 0 Å². The van der Waals surface area contributed by atoms with Gasteiger partial charge in [0.25, 0.3) is 0 Å². The highest BCUT2D eigenvalue weighted by Crippen LogP contribution is 2.24. The van der Waals surface area contributed by atoms with Crippen LogP contribution in [0, 0.1) is 0 Å². The molecule has 7 nitrogen and oxygen atoms in total. The Kier molecular flexibility index (Phi) is 6.11. The van der Waals surface area contributed by atoms with Crippen molar-refractivity contribution in [2.75, 3.05) is 23.4 Å². The number of hydrogen-bond acceptors (Lipinski definition) is 7. The van der Waals surface area contributed by atoms with Crippen molar-refractivity contribution in [3.8, 4) is 5.75 Å². The fraction of sp³-hybridized carbons (Fsp3) is 0.471. The van der Waals surface area contributed by atoms with Gasteiger partial charge in [-0.05, 0) is 31.4 Å². The molecule has 1 atom stereocenters. The molecule has 9 heteroatoms. The van der Waals surface area contributed by atoms with Crippen molar-refractivity contribution in [1.82, 2.24) is 15.0 Å². The first-order valence-electron chi connectivity index (χ1n) is 8.49. The van der Waals surface area contributed by atoms with Crippen LogP contribution in [0.2, 0.25) is 0 Å². The molecule has 0 aromatic carbocycles. The maximum absolute atomic E-state index is 12.1. The first-order chi connectivity index (χ1) is 12.7. The van der Waals surface area contributed by atoms with Gasteiger partial charge in [-0.2, -0.15) is 8.78 Å². The number of alkyl halides is 2. The first-order valence-corrected chi connectivity index (χ1v) is 8.49. The lowest BCUT2D eigenvalue weighted by Gasteiger charge is -2.35. The van der Waals surface area contributed by atoms with Gasteiger partial charge >= 0.3 is 6.61 Å². The zero-order valence-electron chi connectivity index (χ0n) is 14.2. The van der Waals surface area contributed by atoms with Crippen LogP contribution < -0.4 is 15.0 Å². The largest absolute Gasteiger partial charge is 0.433 e. The summed E-state index contributed by atoms with van der Waals surface area (Å²) in [5, 5.41) is 12.7. The number of rotatable bonds is 7. The van der Waals surface area contributed by atoms with Crippen LogP contribution in [0.3, 0.4) is 0 Å². The van der Waals surface area contributed by atoms with Crippen LogP contribution in [-0.4, -0.2) is 45.9 Å². The van der Waals surface area contributed by atoms with Gasteiger partial charge in [0.1, 0.15) is 23.7 Å². The Morgan fingerprint density at radius 3 is 2.88 bits per heavy atom. The molecule has 26 heavy (non-hydrogen) atoms. The minimum atomic E-state index is -2.86. The normalized spacial score (nSPS) is 17.4. The smallest absolute Gasteiger partial charge is 0.387 e. The molecule has 0 aliphatic carbocycles. The fourth-order valence-electron chi connectivity index (χ4n) is 2.96. The quantitative estimate of drug-likeness (QED) is 0.780. The Morgan fingerprint density at radius 2 is 2.15 bits per heavy atom. The molecule has 0 radical (unpaired) electrons. The van der Waals surface area contributed by atoms with E-state index in [2.05, 4.69) is 29.9 Å². The van der Waals surface area contributed by atoms with E-state index in [1.54, 1.807) is 6.07 Å². The van der Waals surface area contributed by atoms with Gasteiger partial charge in [-0.25, -0.2) is 9.97 Å². The summed E-state index contributed by atoms with van der Waals surface area (Å²) < 4.78 is 28.6. The Hall–Kier alpha value is -2.55. The topological polar surface area (TPSA) is 83.4 Å². The van der Waals surface area contributed by atoms with Crippen molar-refractivity contribution in [1.29, 1.82) is 0 Å². The summed E-state index contributed by atoms with van der Waals surface area (Å²) in [6.07, 6.45) is 5.86. The van der Waals surface area contributed by atoms with Crippen LogP contribution in [0.5, 0.6) is 5.75 Å². The molecule has 3 rings (SSSR count). The molecular formula is C17H21F2N5O2. The number of aromatic nitrogens is 3. The summed E-state index contributed by atoms with van der Waals surface area (Å²) in [5.41, 5.74) is 0.665. The molecule has 2 N–H and O–H groups in total. The van der Waals surface area contributed by atoms with Crippen molar-refractivity contribution in [3.05, 3.63) is 36.4 Å². The van der Waals surface area contributed by atoms with E-state index in [-0.39, 0.29) is 18.4 Å². The Morgan fingerprint density at radius 1 is 1.27 bits per heavy atom. The average Bonchev–Trinajstić information content (AvgIpc) is 2.67. The van der Waals surface area contributed by atoms with Crippen molar-refractivity contribution in [2.24, 2.45) is 0 Å². The first kappa shape index (κ1) is 18.2. The van der Waals surface area contributed by atoms with Crippen LogP contribution in [0.1, 0.15) is 25.0 Å². The van der Waals surface area contributed by atoms with Gasteiger partial charge < -0.3 is 20.1 Å². The number of piperidine rings is 1. The van der Waals surface area contributed by atoms with Gasteiger partial charge in [0.2, 0.25) is 0 Å². The van der Waals surface area contributed by atoms with E-state index in [9.17, 15) is 13.9 Å². The zero-order chi connectivity index (χ0) is 18.4. The number of pyridine rings is 1. The van der Waals surface area contributed by atoms with Crippen molar-refractivity contribution < 1.29 is 18.6 Å². The van der Waals surface area contributed by atoms with E-state index in [1.165, 1.54) is 18.6 Å². The second kappa shape index (κ2) is 8.70. The van der Waals surface area contributed by atoms with Crippen molar-refractivity contribution in [2.45, 2.75) is 38.5 Å². The summed E-state index contributed by atoms with van der Waals surface area (Å²) in [4.78, 5) is 14.7. The summed E-state index contributed by atoms with van der Waals surface area (Å²) in [6.45, 7) is -1.52. The fourth-order valence-corrected chi connectivity index (χ4v) is 2.96. The highest BCUT2D eigenvalue weighted by Gasteiger charge is 2.23. The Balaban J connectivity index is 1.62. The van der Waals surface area contributed by atoms with E-state index >= 15 is 0 Å². The second-order valence-corrected chi connectivity index (χ2v) is 6.00. The summed E-state index contributed by atoms with van der Waals surface area (Å²) in [7, 11) is 0. The highest BCUT2D eigenvalue weighted by atomic mass is 19.3. The number of anilines is 2. The zero-order valence-corrected chi connectivity index (χ0v) is 14.2. The van der Waals surface area contributed by atoms with E-state index in [4.69, 9.17) is 0 Å². The molecule has 2 aromatic heterocycles. The molecule has 1 saturated heterocycles. The molecule has 1 aliphatic rings. The molecule has 0 bridgehead atoms. The lowest BCUT2D eigenvalue weighted by molar-refractivity contribution is -0.0500. The van der Waals surface area contributed by atoms with Crippen molar-refractivity contribution in [3.63, 3.8) is 0 Å². The molecule has 0 saturated carbocycles. The Labute approximate surface area is 150 Å². The minimum Gasteiger partial charge on any atom is -0.433 e.